The number of hydrogen-bond donors (Lipinski definition) is 3. The minimum atomic E-state index is -1.85. The van der Waals surface area contributed by atoms with Crippen LogP contribution in [0.4, 0.5) is 0 Å². The van der Waals surface area contributed by atoms with Crippen LogP contribution in [0.25, 0.3) is 0 Å². The molecule has 4 nitrogen and oxygen atoms in total. The monoisotopic (exact) mass is 486 g/mol. The Morgan fingerprint density at radius 1 is 0.688 bits per heavy atom. The molecular weight excluding hydrogens is 464 g/mol. The molecule has 0 aliphatic heterocycles. The maximum Gasteiger partial charge on any atom is 0.275 e. The van der Waals surface area contributed by atoms with E-state index in [4.69, 9.17) is 0 Å². The number of nitrogens with one attached hydrogen (secondary N) is 2. The van der Waals surface area contributed by atoms with Crippen LogP contribution in [0.5, 0.6) is 0 Å². The molecule has 32 heavy (non-hydrogen) atoms. The molecule has 1 amide bonds. The van der Waals surface area contributed by atoms with E-state index in [-0.39, 0.29) is 6.04 Å². The Morgan fingerprint density at radius 3 is 1.62 bits per heavy atom. The Kier molecular flexibility index (Phi) is 6.81. The maximum atomic E-state index is 13.5. The van der Waals surface area contributed by atoms with Crippen LogP contribution >= 0.6 is 15.9 Å². The van der Waals surface area contributed by atoms with Crippen molar-refractivity contribution in [1.29, 1.82) is 0 Å². The molecule has 0 spiro atoms. The van der Waals surface area contributed by atoms with Crippen molar-refractivity contribution in [3.8, 4) is 0 Å². The Bertz CT molecular complexity index is 1110. The van der Waals surface area contributed by atoms with E-state index in [9.17, 15) is 9.90 Å². The molecule has 0 bridgehead atoms. The van der Waals surface area contributed by atoms with Crippen LogP contribution < -0.4 is 10.9 Å². The second kappa shape index (κ2) is 9.92. The lowest BCUT2D eigenvalue weighted by Gasteiger charge is -2.29. The van der Waals surface area contributed by atoms with Crippen LogP contribution in [0.3, 0.4) is 0 Å². The standard InChI is InChI=1S/C27H23BrN2O2/c28-24-18-16-21(17-19-24)25(20-10-4-1-5-11-20)29-30-26(31)27(32,22-12-6-2-7-13-22)23-14-8-3-9-15-23/h1-19,25,29,32H,(H,30,31). The minimum absolute atomic E-state index is 0.302. The van der Waals surface area contributed by atoms with E-state index in [1.807, 2.05) is 66.7 Å². The summed E-state index contributed by atoms with van der Waals surface area (Å²) in [5, 5.41) is 11.7. The van der Waals surface area contributed by atoms with E-state index in [0.29, 0.717) is 11.1 Å². The summed E-state index contributed by atoms with van der Waals surface area (Å²) in [6.07, 6.45) is 0. The number of aliphatic hydroxyl groups is 1. The van der Waals surface area contributed by atoms with Gasteiger partial charge in [0.2, 0.25) is 0 Å². The van der Waals surface area contributed by atoms with Gasteiger partial charge in [-0.2, -0.15) is 0 Å². The van der Waals surface area contributed by atoms with Gasteiger partial charge in [0.05, 0.1) is 6.04 Å². The number of benzene rings is 4. The van der Waals surface area contributed by atoms with Gasteiger partial charge >= 0.3 is 0 Å². The Morgan fingerprint density at radius 2 is 1.12 bits per heavy atom. The summed E-state index contributed by atoms with van der Waals surface area (Å²) < 4.78 is 0.972. The lowest BCUT2D eigenvalue weighted by molar-refractivity contribution is -0.138. The molecule has 0 aliphatic rings. The molecule has 0 saturated heterocycles. The first kappa shape index (κ1) is 22.0. The number of hydrogen-bond acceptors (Lipinski definition) is 3. The van der Waals surface area contributed by atoms with Gasteiger partial charge < -0.3 is 5.11 Å². The van der Waals surface area contributed by atoms with Gasteiger partial charge in [-0.05, 0) is 34.4 Å². The fourth-order valence-electron chi connectivity index (χ4n) is 3.68. The molecule has 4 aromatic carbocycles. The number of hydrazine groups is 1. The predicted molar refractivity (Wildman–Crippen MR) is 130 cm³/mol. The Hall–Kier alpha value is -3.25. The zero-order chi connectivity index (χ0) is 22.4. The molecule has 1 unspecified atom stereocenters. The first-order valence-electron chi connectivity index (χ1n) is 10.3. The summed E-state index contributed by atoms with van der Waals surface area (Å²) in [6.45, 7) is 0. The van der Waals surface area contributed by atoms with Crippen molar-refractivity contribution in [2.24, 2.45) is 0 Å². The first-order chi connectivity index (χ1) is 15.6. The van der Waals surface area contributed by atoms with Crippen LogP contribution in [0.15, 0.2) is 120 Å². The van der Waals surface area contributed by atoms with E-state index in [0.717, 1.165) is 15.6 Å². The lowest BCUT2D eigenvalue weighted by atomic mass is 9.85. The van der Waals surface area contributed by atoms with E-state index in [1.165, 1.54) is 0 Å². The van der Waals surface area contributed by atoms with Crippen LogP contribution in [0.1, 0.15) is 28.3 Å². The highest BCUT2D eigenvalue weighted by Gasteiger charge is 2.40. The molecule has 5 heteroatoms. The minimum Gasteiger partial charge on any atom is -0.372 e. The number of rotatable bonds is 7. The Labute approximate surface area is 196 Å². The smallest absolute Gasteiger partial charge is 0.275 e. The van der Waals surface area contributed by atoms with Crippen molar-refractivity contribution in [1.82, 2.24) is 10.9 Å². The molecule has 0 aliphatic carbocycles. The van der Waals surface area contributed by atoms with Crippen molar-refractivity contribution in [2.45, 2.75) is 11.6 Å². The van der Waals surface area contributed by atoms with Crippen LogP contribution in [-0.4, -0.2) is 11.0 Å². The molecular formula is C27H23BrN2O2. The average Bonchev–Trinajstić information content (AvgIpc) is 2.86. The third-order valence-corrected chi connectivity index (χ3v) is 5.91. The number of amides is 1. The molecule has 4 aromatic rings. The lowest BCUT2D eigenvalue weighted by Crippen LogP contribution is -2.51. The van der Waals surface area contributed by atoms with E-state index >= 15 is 0 Å². The summed E-state index contributed by atoms with van der Waals surface area (Å²) >= 11 is 3.47. The summed E-state index contributed by atoms with van der Waals surface area (Å²) in [6, 6.07) is 35.3. The molecule has 0 aromatic heterocycles. The number of carbonyl (C=O) groups excluding carboxylic acids is 1. The molecule has 0 radical (unpaired) electrons. The first-order valence-corrected chi connectivity index (χ1v) is 11.1. The van der Waals surface area contributed by atoms with Crippen molar-refractivity contribution < 1.29 is 9.90 Å². The van der Waals surface area contributed by atoms with Crippen LogP contribution in [0, 0.1) is 0 Å². The third kappa shape index (κ3) is 4.65. The largest absolute Gasteiger partial charge is 0.372 e. The topological polar surface area (TPSA) is 61.4 Å². The van der Waals surface area contributed by atoms with Gasteiger partial charge in [0.25, 0.3) is 5.91 Å². The van der Waals surface area contributed by atoms with E-state index in [2.05, 4.69) is 26.8 Å². The van der Waals surface area contributed by atoms with E-state index in [1.54, 1.807) is 48.5 Å². The van der Waals surface area contributed by atoms with Crippen molar-refractivity contribution in [3.05, 3.63) is 142 Å². The molecule has 3 N–H and O–H groups in total. The van der Waals surface area contributed by atoms with Crippen LogP contribution in [0.2, 0.25) is 0 Å². The zero-order valence-corrected chi connectivity index (χ0v) is 18.9. The molecule has 160 valence electrons. The van der Waals surface area contributed by atoms with Gasteiger partial charge in [-0.3, -0.25) is 10.2 Å². The second-order valence-corrected chi connectivity index (χ2v) is 8.35. The summed E-state index contributed by atoms with van der Waals surface area (Å²) in [5.74, 6) is -0.562. The predicted octanol–water partition coefficient (Wildman–Crippen LogP) is 5.10. The highest BCUT2D eigenvalue weighted by molar-refractivity contribution is 9.10. The molecule has 0 heterocycles. The molecule has 1 atom stereocenters. The normalized spacial score (nSPS) is 12.2. The van der Waals surface area contributed by atoms with Gasteiger partial charge in [-0.25, -0.2) is 5.43 Å². The zero-order valence-electron chi connectivity index (χ0n) is 17.3. The summed E-state index contributed by atoms with van der Waals surface area (Å²) in [4.78, 5) is 13.5. The SMILES string of the molecule is O=C(NNC(c1ccccc1)c1ccc(Br)cc1)C(O)(c1ccccc1)c1ccccc1. The summed E-state index contributed by atoms with van der Waals surface area (Å²) in [7, 11) is 0. The van der Waals surface area contributed by atoms with Crippen molar-refractivity contribution in [3.63, 3.8) is 0 Å². The molecule has 0 fully saturated rings. The second-order valence-electron chi connectivity index (χ2n) is 7.44. The van der Waals surface area contributed by atoms with Gasteiger partial charge in [-0.1, -0.05) is 119 Å². The fourth-order valence-corrected chi connectivity index (χ4v) is 3.94. The maximum absolute atomic E-state index is 13.5. The number of carbonyl (C=O) groups is 1. The van der Waals surface area contributed by atoms with Crippen molar-refractivity contribution in [2.75, 3.05) is 0 Å². The van der Waals surface area contributed by atoms with Gasteiger partial charge in [0.15, 0.2) is 5.60 Å². The molecule has 0 saturated carbocycles. The number of halogens is 1. The summed E-state index contributed by atoms with van der Waals surface area (Å²) in [5.41, 5.74) is 7.01. The quantitative estimate of drug-likeness (QED) is 0.318. The van der Waals surface area contributed by atoms with Gasteiger partial charge in [0.1, 0.15) is 0 Å². The van der Waals surface area contributed by atoms with Crippen LogP contribution in [-0.2, 0) is 10.4 Å². The third-order valence-electron chi connectivity index (χ3n) is 5.38. The highest BCUT2D eigenvalue weighted by atomic mass is 79.9. The highest BCUT2D eigenvalue weighted by Crippen LogP contribution is 2.30. The van der Waals surface area contributed by atoms with Gasteiger partial charge in [-0.15, -0.1) is 0 Å². The van der Waals surface area contributed by atoms with Gasteiger partial charge in [0, 0.05) is 4.47 Å². The van der Waals surface area contributed by atoms with Crippen molar-refractivity contribution >= 4 is 21.8 Å². The average molecular weight is 487 g/mol. The van der Waals surface area contributed by atoms with E-state index < -0.39 is 11.5 Å². The fraction of sp³-hybridized carbons (Fsp3) is 0.0741. The molecule has 4 rings (SSSR count). The Balaban J connectivity index is 1.66.